The zero-order valence-corrected chi connectivity index (χ0v) is 16.2. The van der Waals surface area contributed by atoms with Gasteiger partial charge in [-0.25, -0.2) is 0 Å². The standard InChI is InChI=1S/2C10H16O3/c2*1-9(5-11)6-3-7(12)10(9,2)8(13)4-6/h2*6-7,11-12H,3-5H2,1-2H3/t2*6-,7-,9-,10+/m00/s1. The van der Waals surface area contributed by atoms with Gasteiger partial charge in [-0.2, -0.15) is 0 Å². The second-order valence-electron chi connectivity index (χ2n) is 9.71. The highest BCUT2D eigenvalue weighted by Gasteiger charge is 2.69. The molecule has 0 saturated heterocycles. The minimum absolute atomic E-state index is 0.00301. The maximum Gasteiger partial charge on any atom is 0.142 e. The van der Waals surface area contributed by atoms with Gasteiger partial charge in [0.2, 0.25) is 0 Å². The van der Waals surface area contributed by atoms with Gasteiger partial charge in [0, 0.05) is 36.9 Å². The van der Waals surface area contributed by atoms with Crippen molar-refractivity contribution in [3.63, 3.8) is 0 Å². The van der Waals surface area contributed by atoms with E-state index < -0.39 is 33.9 Å². The molecule has 26 heavy (non-hydrogen) atoms. The summed E-state index contributed by atoms with van der Waals surface area (Å²) in [7, 11) is 0. The van der Waals surface area contributed by atoms with Crippen LogP contribution in [0.4, 0.5) is 0 Å². The van der Waals surface area contributed by atoms with E-state index in [1.807, 2.05) is 13.8 Å². The van der Waals surface area contributed by atoms with Gasteiger partial charge in [0.15, 0.2) is 0 Å². The van der Waals surface area contributed by atoms with Crippen molar-refractivity contribution >= 4 is 11.6 Å². The number of aliphatic hydroxyl groups is 4. The Bertz CT molecular complexity index is 580. The summed E-state index contributed by atoms with van der Waals surface area (Å²) in [4.78, 5) is 23.3. The number of carbonyl (C=O) groups excluding carboxylic acids is 2. The molecule has 0 aromatic heterocycles. The maximum absolute atomic E-state index is 11.7. The summed E-state index contributed by atoms with van der Waals surface area (Å²) in [6.45, 7) is 7.41. The van der Waals surface area contributed by atoms with Crippen LogP contribution >= 0.6 is 0 Å². The average molecular weight is 368 g/mol. The van der Waals surface area contributed by atoms with Crippen molar-refractivity contribution in [2.75, 3.05) is 13.2 Å². The summed E-state index contributed by atoms with van der Waals surface area (Å²) in [6, 6.07) is 0. The average Bonchev–Trinajstić information content (AvgIpc) is 3.08. The molecule has 148 valence electrons. The Balaban J connectivity index is 0.000000151. The third-order valence-electron chi connectivity index (χ3n) is 9.20. The van der Waals surface area contributed by atoms with Crippen molar-refractivity contribution in [3.8, 4) is 0 Å². The molecule has 4 aliphatic carbocycles. The summed E-state index contributed by atoms with van der Waals surface area (Å²) < 4.78 is 0. The van der Waals surface area contributed by atoms with Gasteiger partial charge in [0.05, 0.1) is 23.0 Å². The van der Waals surface area contributed by atoms with Crippen molar-refractivity contribution < 1.29 is 30.0 Å². The van der Waals surface area contributed by atoms with Gasteiger partial charge in [-0.05, 0) is 38.5 Å². The third-order valence-corrected chi connectivity index (χ3v) is 9.20. The van der Waals surface area contributed by atoms with Crippen LogP contribution in [0.2, 0.25) is 0 Å². The molecular formula is C20H32O6. The quantitative estimate of drug-likeness (QED) is 0.570. The van der Waals surface area contributed by atoms with Crippen LogP contribution < -0.4 is 0 Å². The highest BCUT2D eigenvalue weighted by Crippen LogP contribution is 2.64. The van der Waals surface area contributed by atoms with Crippen LogP contribution in [0, 0.1) is 33.5 Å². The SMILES string of the molecule is C[C@]1(CO)[C@@H]2CC(=O)[C@@]1(C)[C@@H](O)C2.C[C@]1(CO)[C@@H]2CC(=O)[C@@]1(C)[C@@H](O)C2. The predicted molar refractivity (Wildman–Crippen MR) is 94.1 cm³/mol. The molecule has 4 saturated carbocycles. The first-order valence-electron chi connectivity index (χ1n) is 9.58. The van der Waals surface area contributed by atoms with Crippen molar-refractivity contribution in [2.45, 2.75) is 65.6 Å². The van der Waals surface area contributed by atoms with Crippen molar-refractivity contribution in [3.05, 3.63) is 0 Å². The van der Waals surface area contributed by atoms with Gasteiger partial charge in [-0.3, -0.25) is 9.59 Å². The molecule has 0 aliphatic heterocycles. The number of hydrogen-bond donors (Lipinski definition) is 4. The monoisotopic (exact) mass is 368 g/mol. The van der Waals surface area contributed by atoms with Crippen molar-refractivity contribution in [1.29, 1.82) is 0 Å². The zero-order valence-electron chi connectivity index (χ0n) is 16.2. The molecule has 8 atom stereocenters. The lowest BCUT2D eigenvalue weighted by molar-refractivity contribution is -0.137. The zero-order chi connectivity index (χ0) is 19.7. The molecule has 0 aromatic carbocycles. The number of hydrogen-bond acceptors (Lipinski definition) is 6. The van der Waals surface area contributed by atoms with Crippen LogP contribution in [-0.4, -0.2) is 57.4 Å². The van der Waals surface area contributed by atoms with Gasteiger partial charge in [0.1, 0.15) is 11.6 Å². The number of Topliss-reactive ketones (excluding diaryl/α,β-unsaturated/α-hetero) is 2. The molecule has 0 amide bonds. The molecule has 4 bridgehead atoms. The van der Waals surface area contributed by atoms with E-state index in [4.69, 9.17) is 0 Å². The molecule has 4 aliphatic rings. The molecule has 4 rings (SSSR count). The Morgan fingerprint density at radius 2 is 1.08 bits per heavy atom. The largest absolute Gasteiger partial charge is 0.396 e. The van der Waals surface area contributed by atoms with Crippen molar-refractivity contribution in [1.82, 2.24) is 0 Å². The fourth-order valence-electron chi connectivity index (χ4n) is 6.22. The van der Waals surface area contributed by atoms with Crippen LogP contribution in [0.5, 0.6) is 0 Å². The van der Waals surface area contributed by atoms with Gasteiger partial charge in [0.25, 0.3) is 0 Å². The normalized spacial score (nSPS) is 54.6. The molecule has 0 spiro atoms. The first kappa shape index (κ1) is 19.9. The number of carbonyl (C=O) groups is 2. The van der Waals surface area contributed by atoms with E-state index in [0.29, 0.717) is 25.7 Å². The Labute approximate surface area is 154 Å². The summed E-state index contributed by atoms with van der Waals surface area (Å²) in [5.74, 6) is 0.579. The Kier molecular flexibility index (Phi) is 4.47. The number of rotatable bonds is 2. The molecule has 0 radical (unpaired) electrons. The van der Waals surface area contributed by atoms with Gasteiger partial charge >= 0.3 is 0 Å². The van der Waals surface area contributed by atoms with E-state index in [0.717, 1.165) is 0 Å². The number of aliphatic hydroxyl groups excluding tert-OH is 4. The predicted octanol–water partition coefficient (Wildman–Crippen LogP) is 0.690. The minimum atomic E-state index is -0.702. The highest BCUT2D eigenvalue weighted by molar-refractivity contribution is 5.90. The molecule has 0 unspecified atom stereocenters. The smallest absolute Gasteiger partial charge is 0.142 e. The molecule has 4 N–H and O–H groups in total. The van der Waals surface area contributed by atoms with E-state index in [1.54, 1.807) is 13.8 Å². The summed E-state index contributed by atoms with van der Waals surface area (Å²) in [5, 5.41) is 38.3. The fraction of sp³-hybridized carbons (Fsp3) is 0.900. The Hall–Kier alpha value is -0.820. The van der Waals surface area contributed by atoms with E-state index in [2.05, 4.69) is 0 Å². The lowest BCUT2D eigenvalue weighted by Crippen LogP contribution is -2.44. The van der Waals surface area contributed by atoms with Crippen LogP contribution in [0.1, 0.15) is 53.4 Å². The second-order valence-corrected chi connectivity index (χ2v) is 9.71. The second kappa shape index (κ2) is 5.84. The summed E-state index contributed by atoms with van der Waals surface area (Å²) in [6.07, 6.45) is 1.28. The van der Waals surface area contributed by atoms with E-state index in [9.17, 15) is 30.0 Å². The Morgan fingerprint density at radius 1 is 0.769 bits per heavy atom. The summed E-state index contributed by atoms with van der Waals surface area (Å²) in [5.41, 5.74) is -2.20. The number of ketones is 2. The molecule has 0 heterocycles. The van der Waals surface area contributed by atoms with Crippen LogP contribution in [0.25, 0.3) is 0 Å². The molecule has 6 nitrogen and oxygen atoms in total. The minimum Gasteiger partial charge on any atom is -0.396 e. The van der Waals surface area contributed by atoms with Crippen LogP contribution in [0.15, 0.2) is 0 Å². The lowest BCUT2D eigenvalue weighted by Gasteiger charge is -2.36. The van der Waals surface area contributed by atoms with Gasteiger partial charge in [-0.15, -0.1) is 0 Å². The van der Waals surface area contributed by atoms with E-state index >= 15 is 0 Å². The topological polar surface area (TPSA) is 115 Å². The first-order valence-corrected chi connectivity index (χ1v) is 9.58. The summed E-state index contributed by atoms with van der Waals surface area (Å²) >= 11 is 0. The highest BCUT2D eigenvalue weighted by atomic mass is 16.3. The molecule has 0 aromatic rings. The lowest BCUT2D eigenvalue weighted by atomic mass is 9.68. The first-order chi connectivity index (χ1) is 11.9. The molecule has 4 fully saturated rings. The maximum atomic E-state index is 11.7. The van der Waals surface area contributed by atoms with Crippen LogP contribution in [0.3, 0.4) is 0 Å². The number of fused-ring (bicyclic) bond motifs is 4. The van der Waals surface area contributed by atoms with Crippen LogP contribution in [-0.2, 0) is 9.59 Å². The van der Waals surface area contributed by atoms with Crippen molar-refractivity contribution in [2.24, 2.45) is 33.5 Å². The molecule has 6 heteroatoms. The third kappa shape index (κ3) is 2.02. The van der Waals surface area contributed by atoms with Gasteiger partial charge in [-0.1, -0.05) is 13.8 Å². The van der Waals surface area contributed by atoms with E-state index in [1.165, 1.54) is 0 Å². The Morgan fingerprint density at radius 3 is 1.23 bits per heavy atom. The fourth-order valence-corrected chi connectivity index (χ4v) is 6.22. The van der Waals surface area contributed by atoms with E-state index in [-0.39, 0.29) is 36.6 Å². The van der Waals surface area contributed by atoms with Gasteiger partial charge < -0.3 is 20.4 Å². The molecular weight excluding hydrogens is 336 g/mol.